The van der Waals surface area contributed by atoms with E-state index in [1.54, 1.807) is 43.0 Å². The van der Waals surface area contributed by atoms with Crippen LogP contribution in [0, 0.1) is 25.5 Å². The Hall–Kier alpha value is -3.26. The molecule has 2 aromatic carbocycles. The molecule has 0 aliphatic carbocycles. The maximum atomic E-state index is 14.3. The number of rotatable bonds is 4. The van der Waals surface area contributed by atoms with Gasteiger partial charge in [0.15, 0.2) is 0 Å². The van der Waals surface area contributed by atoms with Crippen LogP contribution in [0.25, 0.3) is 11.3 Å². The molecule has 0 radical (unpaired) electrons. The summed E-state index contributed by atoms with van der Waals surface area (Å²) in [6.07, 6.45) is 0. The van der Waals surface area contributed by atoms with Crippen molar-refractivity contribution in [2.45, 2.75) is 39.8 Å². The van der Waals surface area contributed by atoms with Gasteiger partial charge in [0.2, 0.25) is 5.91 Å². The highest BCUT2D eigenvalue weighted by Gasteiger charge is 2.41. The molecule has 8 heteroatoms. The molecule has 32 heavy (non-hydrogen) atoms. The van der Waals surface area contributed by atoms with Crippen LogP contribution in [0.4, 0.5) is 20.3 Å². The fourth-order valence-corrected chi connectivity index (χ4v) is 4.37. The molecule has 3 aromatic rings. The number of nitrogens with one attached hydrogen (secondary N) is 1. The number of halogens is 2. The van der Waals surface area contributed by atoms with Crippen LogP contribution in [-0.4, -0.2) is 33.4 Å². The highest BCUT2D eigenvalue weighted by Crippen LogP contribution is 2.40. The summed E-state index contributed by atoms with van der Waals surface area (Å²) in [4.78, 5) is 19.1. The van der Waals surface area contributed by atoms with E-state index in [0.29, 0.717) is 47.2 Å². The smallest absolute Gasteiger partial charge is 0.237 e. The zero-order valence-electron chi connectivity index (χ0n) is 18.7. The molecular weight excluding hydrogens is 412 g/mol. The molecule has 4 rings (SSSR count). The monoisotopic (exact) mass is 439 g/mol. The Balaban J connectivity index is 1.90. The van der Waals surface area contributed by atoms with Crippen molar-refractivity contribution in [3.05, 3.63) is 65.0 Å². The van der Waals surface area contributed by atoms with Gasteiger partial charge in [-0.3, -0.25) is 4.79 Å². The first-order valence-electron chi connectivity index (χ1n) is 10.5. The normalized spacial score (nSPS) is 14.9. The Labute approximate surface area is 186 Å². The summed E-state index contributed by atoms with van der Waals surface area (Å²) in [6, 6.07) is 9.60. The molecule has 1 amide bonds. The van der Waals surface area contributed by atoms with E-state index < -0.39 is 5.54 Å². The van der Waals surface area contributed by atoms with Gasteiger partial charge < -0.3 is 20.5 Å². The predicted octanol–water partition coefficient (Wildman–Crippen LogP) is 4.22. The second-order valence-corrected chi connectivity index (χ2v) is 8.65. The van der Waals surface area contributed by atoms with E-state index in [-0.39, 0.29) is 24.1 Å². The maximum absolute atomic E-state index is 14.3. The van der Waals surface area contributed by atoms with E-state index in [2.05, 4.69) is 5.32 Å². The van der Waals surface area contributed by atoms with Crippen LogP contribution in [0.3, 0.4) is 0 Å². The van der Waals surface area contributed by atoms with Crippen molar-refractivity contribution in [2.75, 3.05) is 18.4 Å². The standard InChI is InChI=1S/C24H27F2N5O/c1-14-11-16(12-15(2)20(14)26)21-22(28-18-7-5-17(25)6-8-18)30-9-10-31(19(32)13-27)24(3,4)23(30)29-21/h5-8,11-12,28H,9-10,13,27H2,1-4H3. The van der Waals surface area contributed by atoms with Crippen LogP contribution in [0.5, 0.6) is 0 Å². The molecule has 0 fully saturated rings. The van der Waals surface area contributed by atoms with Gasteiger partial charge in [-0.05, 0) is 75.2 Å². The van der Waals surface area contributed by atoms with Gasteiger partial charge in [-0.25, -0.2) is 13.8 Å². The molecule has 0 spiro atoms. The molecule has 0 saturated carbocycles. The fraction of sp³-hybridized carbons (Fsp3) is 0.333. The Morgan fingerprint density at radius 1 is 1.12 bits per heavy atom. The number of imidazole rings is 1. The van der Waals surface area contributed by atoms with Gasteiger partial charge in [0.05, 0.1) is 12.1 Å². The van der Waals surface area contributed by atoms with Crippen molar-refractivity contribution >= 4 is 17.4 Å². The quantitative estimate of drug-likeness (QED) is 0.638. The molecule has 1 aliphatic rings. The lowest BCUT2D eigenvalue weighted by Gasteiger charge is -2.42. The summed E-state index contributed by atoms with van der Waals surface area (Å²) >= 11 is 0. The molecule has 0 bridgehead atoms. The number of hydrogen-bond donors (Lipinski definition) is 2. The highest BCUT2D eigenvalue weighted by molar-refractivity contribution is 5.81. The first kappa shape index (κ1) is 22.0. The zero-order valence-corrected chi connectivity index (χ0v) is 18.7. The first-order chi connectivity index (χ1) is 15.1. The van der Waals surface area contributed by atoms with Gasteiger partial charge in [0.1, 0.15) is 29.0 Å². The highest BCUT2D eigenvalue weighted by atomic mass is 19.1. The van der Waals surface area contributed by atoms with Crippen molar-refractivity contribution in [3.63, 3.8) is 0 Å². The molecule has 2 heterocycles. The number of carbonyl (C=O) groups is 1. The van der Waals surface area contributed by atoms with Crippen molar-refractivity contribution < 1.29 is 13.6 Å². The average Bonchev–Trinajstić information content (AvgIpc) is 3.12. The molecule has 0 unspecified atom stereocenters. The van der Waals surface area contributed by atoms with Crippen molar-refractivity contribution in [2.24, 2.45) is 5.73 Å². The molecule has 0 atom stereocenters. The Morgan fingerprint density at radius 2 is 1.75 bits per heavy atom. The number of benzene rings is 2. The van der Waals surface area contributed by atoms with Gasteiger partial charge in [-0.1, -0.05) is 0 Å². The number of aryl methyl sites for hydroxylation is 2. The molecule has 168 valence electrons. The van der Waals surface area contributed by atoms with E-state index in [0.717, 1.165) is 5.56 Å². The Bertz CT molecular complexity index is 1160. The number of aromatic nitrogens is 2. The largest absolute Gasteiger partial charge is 0.340 e. The lowest BCUT2D eigenvalue weighted by molar-refractivity contribution is -0.137. The topological polar surface area (TPSA) is 76.2 Å². The van der Waals surface area contributed by atoms with Crippen molar-refractivity contribution in [1.82, 2.24) is 14.5 Å². The zero-order chi connectivity index (χ0) is 23.2. The summed E-state index contributed by atoms with van der Waals surface area (Å²) in [7, 11) is 0. The number of fused-ring (bicyclic) bond motifs is 1. The third-order valence-electron chi connectivity index (χ3n) is 6.03. The molecule has 1 aliphatic heterocycles. The van der Waals surface area contributed by atoms with Gasteiger partial charge in [-0.15, -0.1) is 0 Å². The third kappa shape index (κ3) is 3.64. The van der Waals surface area contributed by atoms with E-state index in [9.17, 15) is 13.6 Å². The first-order valence-corrected chi connectivity index (χ1v) is 10.5. The molecule has 1 aromatic heterocycles. The minimum Gasteiger partial charge on any atom is -0.340 e. The molecular formula is C24H27F2N5O. The van der Waals surface area contributed by atoms with Crippen molar-refractivity contribution in [3.8, 4) is 11.3 Å². The van der Waals surface area contributed by atoms with E-state index in [4.69, 9.17) is 10.7 Å². The average molecular weight is 440 g/mol. The van der Waals surface area contributed by atoms with E-state index >= 15 is 0 Å². The fourth-order valence-electron chi connectivity index (χ4n) is 4.37. The van der Waals surface area contributed by atoms with Crippen LogP contribution in [-0.2, 0) is 16.9 Å². The Morgan fingerprint density at radius 3 is 2.34 bits per heavy atom. The van der Waals surface area contributed by atoms with Gasteiger partial charge in [-0.2, -0.15) is 0 Å². The number of carbonyl (C=O) groups excluding carboxylic acids is 1. The number of nitrogens with two attached hydrogens (primary N) is 1. The molecule has 3 N–H and O–H groups in total. The summed E-state index contributed by atoms with van der Waals surface area (Å²) in [5.41, 5.74) is 8.10. The summed E-state index contributed by atoms with van der Waals surface area (Å²) in [5.74, 6) is 0.695. The summed E-state index contributed by atoms with van der Waals surface area (Å²) in [6.45, 7) is 8.23. The van der Waals surface area contributed by atoms with Crippen LogP contribution in [0.1, 0.15) is 30.8 Å². The number of hydrogen-bond acceptors (Lipinski definition) is 4. The Kier molecular flexibility index (Phi) is 5.50. The summed E-state index contributed by atoms with van der Waals surface area (Å²) in [5, 5.41) is 3.37. The van der Waals surface area contributed by atoms with Gasteiger partial charge in [0, 0.05) is 24.3 Å². The van der Waals surface area contributed by atoms with Crippen LogP contribution < -0.4 is 11.1 Å². The van der Waals surface area contributed by atoms with Gasteiger partial charge >= 0.3 is 0 Å². The SMILES string of the molecule is Cc1cc(-c2nc3n(c2Nc2ccc(F)cc2)CCN(C(=O)CN)C3(C)C)cc(C)c1F. The molecule has 0 saturated heterocycles. The lowest BCUT2D eigenvalue weighted by Crippen LogP contribution is -2.53. The van der Waals surface area contributed by atoms with E-state index in [1.165, 1.54) is 12.1 Å². The lowest BCUT2D eigenvalue weighted by atomic mass is 9.99. The minimum absolute atomic E-state index is 0.0754. The van der Waals surface area contributed by atoms with Crippen LogP contribution >= 0.6 is 0 Å². The molecule has 6 nitrogen and oxygen atoms in total. The number of amides is 1. The number of anilines is 2. The second-order valence-electron chi connectivity index (χ2n) is 8.65. The third-order valence-corrected chi connectivity index (χ3v) is 6.03. The minimum atomic E-state index is -0.698. The predicted molar refractivity (Wildman–Crippen MR) is 121 cm³/mol. The van der Waals surface area contributed by atoms with Crippen molar-refractivity contribution in [1.29, 1.82) is 0 Å². The number of nitrogens with zero attached hydrogens (tertiary/aromatic N) is 3. The second kappa shape index (κ2) is 8.02. The van der Waals surface area contributed by atoms with E-state index in [1.807, 2.05) is 18.4 Å². The van der Waals surface area contributed by atoms with Crippen LogP contribution in [0.15, 0.2) is 36.4 Å². The maximum Gasteiger partial charge on any atom is 0.237 e. The van der Waals surface area contributed by atoms with Crippen LogP contribution in [0.2, 0.25) is 0 Å². The summed E-state index contributed by atoms with van der Waals surface area (Å²) < 4.78 is 29.8. The van der Waals surface area contributed by atoms with Gasteiger partial charge in [0.25, 0.3) is 0 Å².